The lowest BCUT2D eigenvalue weighted by atomic mass is 10.1. The molecule has 6 heteroatoms. The second-order valence-electron chi connectivity index (χ2n) is 5.03. The van der Waals surface area contributed by atoms with Gasteiger partial charge in [0, 0.05) is 34.3 Å². The number of rotatable bonds is 5. The lowest BCUT2D eigenvalue weighted by Gasteiger charge is -2.09. The molecule has 3 rings (SSSR count). The summed E-state index contributed by atoms with van der Waals surface area (Å²) < 4.78 is 0. The number of H-pyrrole nitrogens is 1. The molecule has 0 unspecified atom stereocenters. The second kappa shape index (κ2) is 6.03. The first-order valence-electron chi connectivity index (χ1n) is 6.84. The number of primary amides is 1. The maximum Gasteiger partial charge on any atom is 0.249 e. The van der Waals surface area contributed by atoms with Crippen LogP contribution in [0.2, 0.25) is 0 Å². The highest BCUT2D eigenvalue weighted by atomic mass is 32.1. The van der Waals surface area contributed by atoms with Gasteiger partial charge < -0.3 is 11.1 Å². The summed E-state index contributed by atoms with van der Waals surface area (Å²) in [6.45, 7) is 2.48. The van der Waals surface area contributed by atoms with Crippen molar-refractivity contribution in [2.24, 2.45) is 5.73 Å². The molecular formula is C16H16N4OS. The predicted octanol–water partition coefficient (Wildman–Crippen LogP) is 3.16. The Hall–Kier alpha value is -2.60. The first-order valence-corrected chi connectivity index (χ1v) is 7.78. The quantitative estimate of drug-likeness (QED) is 0.676. The van der Waals surface area contributed by atoms with Gasteiger partial charge in [-0.05, 0) is 36.1 Å². The molecule has 0 atom stereocenters. The number of amides is 1. The van der Waals surface area contributed by atoms with Gasteiger partial charge in [0.1, 0.15) is 0 Å². The number of carbonyl (C=O) groups excluding carboxylic acids is 1. The lowest BCUT2D eigenvalue weighted by molar-refractivity contribution is 0.1000. The topological polar surface area (TPSA) is 83.8 Å². The van der Waals surface area contributed by atoms with Crippen LogP contribution in [0.15, 0.2) is 41.2 Å². The molecule has 1 amide bonds. The van der Waals surface area contributed by atoms with Gasteiger partial charge in [-0.15, -0.1) is 0 Å². The van der Waals surface area contributed by atoms with E-state index in [-0.39, 0.29) is 0 Å². The van der Waals surface area contributed by atoms with Gasteiger partial charge in [0.15, 0.2) is 0 Å². The summed E-state index contributed by atoms with van der Waals surface area (Å²) in [5, 5.41) is 14.6. The van der Waals surface area contributed by atoms with Gasteiger partial charge in [0.2, 0.25) is 5.91 Å². The van der Waals surface area contributed by atoms with E-state index in [9.17, 15) is 4.79 Å². The molecule has 5 nitrogen and oxygen atoms in total. The van der Waals surface area contributed by atoms with Gasteiger partial charge >= 0.3 is 0 Å². The Morgan fingerprint density at radius 1 is 1.41 bits per heavy atom. The Morgan fingerprint density at radius 2 is 2.27 bits per heavy atom. The number of nitrogens with zero attached hydrogens (tertiary/aromatic N) is 1. The average Bonchev–Trinajstić information content (AvgIpc) is 3.16. The van der Waals surface area contributed by atoms with Crippen LogP contribution in [0.1, 0.15) is 21.5 Å². The lowest BCUT2D eigenvalue weighted by Crippen LogP contribution is -2.13. The van der Waals surface area contributed by atoms with Crippen molar-refractivity contribution in [2.45, 2.75) is 13.5 Å². The maximum absolute atomic E-state index is 11.4. The minimum absolute atomic E-state index is 0.413. The van der Waals surface area contributed by atoms with Crippen molar-refractivity contribution in [3.8, 4) is 11.3 Å². The largest absolute Gasteiger partial charge is 0.381 e. The molecule has 1 aromatic carbocycles. The molecule has 0 aliphatic carbocycles. The number of anilines is 1. The molecule has 22 heavy (non-hydrogen) atoms. The standard InChI is InChI=1S/C16H16N4OS/c1-10-2-3-13(6-14(10)16(17)21)18-7-12-8-19-20-15(12)11-4-5-22-9-11/h2-6,8-9,18H,7H2,1H3,(H2,17,21)(H,19,20). The first kappa shape index (κ1) is 14.3. The van der Waals surface area contributed by atoms with Crippen LogP contribution < -0.4 is 11.1 Å². The SMILES string of the molecule is Cc1ccc(NCc2cn[nH]c2-c2ccsc2)cc1C(N)=O. The van der Waals surface area contributed by atoms with E-state index in [1.807, 2.05) is 30.6 Å². The third-order valence-corrected chi connectivity index (χ3v) is 4.20. The fraction of sp³-hybridized carbons (Fsp3) is 0.125. The normalized spacial score (nSPS) is 10.6. The predicted molar refractivity (Wildman–Crippen MR) is 88.9 cm³/mol. The third-order valence-electron chi connectivity index (χ3n) is 3.51. The van der Waals surface area contributed by atoms with E-state index >= 15 is 0 Å². The van der Waals surface area contributed by atoms with Crippen LogP contribution in [0.3, 0.4) is 0 Å². The summed E-state index contributed by atoms with van der Waals surface area (Å²) in [7, 11) is 0. The van der Waals surface area contributed by atoms with Gasteiger partial charge in [0.05, 0.1) is 11.9 Å². The smallest absolute Gasteiger partial charge is 0.249 e. The average molecular weight is 312 g/mol. The molecule has 2 aromatic heterocycles. The Balaban J connectivity index is 1.78. The fourth-order valence-electron chi connectivity index (χ4n) is 2.30. The number of carbonyl (C=O) groups is 1. The van der Waals surface area contributed by atoms with Crippen LogP contribution in [0, 0.1) is 6.92 Å². The summed E-state index contributed by atoms with van der Waals surface area (Å²) >= 11 is 1.65. The highest BCUT2D eigenvalue weighted by molar-refractivity contribution is 7.08. The third kappa shape index (κ3) is 2.87. The van der Waals surface area contributed by atoms with Gasteiger partial charge in [-0.2, -0.15) is 16.4 Å². The Labute approximate surface area is 132 Å². The number of nitrogens with one attached hydrogen (secondary N) is 2. The summed E-state index contributed by atoms with van der Waals surface area (Å²) in [5.74, 6) is -0.413. The molecule has 0 bridgehead atoms. The van der Waals surface area contributed by atoms with E-state index in [0.717, 1.165) is 28.1 Å². The number of aryl methyl sites for hydroxylation is 1. The van der Waals surface area contributed by atoms with Crippen molar-refractivity contribution >= 4 is 22.9 Å². The van der Waals surface area contributed by atoms with Gasteiger partial charge in [0.25, 0.3) is 0 Å². The van der Waals surface area contributed by atoms with Gasteiger partial charge in [-0.3, -0.25) is 9.89 Å². The fourth-order valence-corrected chi connectivity index (χ4v) is 2.94. The van der Waals surface area contributed by atoms with Crippen molar-refractivity contribution in [3.05, 3.63) is 57.9 Å². The van der Waals surface area contributed by atoms with Gasteiger partial charge in [-0.25, -0.2) is 0 Å². The van der Waals surface area contributed by atoms with E-state index in [0.29, 0.717) is 12.1 Å². The van der Waals surface area contributed by atoms with Crippen LogP contribution in [0.25, 0.3) is 11.3 Å². The first-order chi connectivity index (χ1) is 10.6. The number of hydrogen-bond donors (Lipinski definition) is 3. The molecule has 0 saturated heterocycles. The molecule has 0 spiro atoms. The summed E-state index contributed by atoms with van der Waals surface area (Å²) in [6, 6.07) is 7.66. The van der Waals surface area contributed by atoms with E-state index in [2.05, 4.69) is 27.0 Å². The van der Waals surface area contributed by atoms with E-state index < -0.39 is 5.91 Å². The maximum atomic E-state index is 11.4. The molecule has 4 N–H and O–H groups in total. The Kier molecular flexibility index (Phi) is 3.93. The minimum Gasteiger partial charge on any atom is -0.381 e. The number of benzene rings is 1. The molecule has 3 aromatic rings. The highest BCUT2D eigenvalue weighted by Crippen LogP contribution is 2.24. The van der Waals surface area contributed by atoms with E-state index in [4.69, 9.17) is 5.73 Å². The number of hydrogen-bond acceptors (Lipinski definition) is 4. The Morgan fingerprint density at radius 3 is 3.00 bits per heavy atom. The van der Waals surface area contributed by atoms with Crippen molar-refractivity contribution in [1.29, 1.82) is 0 Å². The van der Waals surface area contributed by atoms with Crippen LogP contribution >= 0.6 is 11.3 Å². The van der Waals surface area contributed by atoms with Crippen molar-refractivity contribution < 1.29 is 4.79 Å². The molecule has 0 aliphatic heterocycles. The molecule has 112 valence electrons. The zero-order valence-corrected chi connectivity index (χ0v) is 12.9. The Bertz CT molecular complexity index is 792. The molecule has 2 heterocycles. The molecular weight excluding hydrogens is 296 g/mol. The summed E-state index contributed by atoms with van der Waals surface area (Å²) in [4.78, 5) is 11.4. The molecule has 0 aliphatic rings. The number of nitrogens with two attached hydrogens (primary N) is 1. The molecule has 0 radical (unpaired) electrons. The number of aromatic nitrogens is 2. The van der Waals surface area contributed by atoms with Crippen molar-refractivity contribution in [3.63, 3.8) is 0 Å². The van der Waals surface area contributed by atoms with E-state index in [1.54, 1.807) is 17.4 Å². The number of thiophene rings is 1. The summed E-state index contributed by atoms with van der Waals surface area (Å²) in [5.41, 5.74) is 10.9. The van der Waals surface area contributed by atoms with Crippen LogP contribution in [0.5, 0.6) is 0 Å². The minimum atomic E-state index is -0.413. The number of aromatic amines is 1. The highest BCUT2D eigenvalue weighted by Gasteiger charge is 2.09. The molecule has 0 saturated carbocycles. The van der Waals surface area contributed by atoms with Crippen molar-refractivity contribution in [1.82, 2.24) is 10.2 Å². The van der Waals surface area contributed by atoms with Crippen molar-refractivity contribution in [2.75, 3.05) is 5.32 Å². The second-order valence-corrected chi connectivity index (χ2v) is 5.81. The molecule has 0 fully saturated rings. The van der Waals surface area contributed by atoms with Crippen LogP contribution in [-0.2, 0) is 6.54 Å². The zero-order valence-electron chi connectivity index (χ0n) is 12.1. The van der Waals surface area contributed by atoms with E-state index in [1.165, 1.54) is 0 Å². The monoisotopic (exact) mass is 312 g/mol. The van der Waals surface area contributed by atoms with Crippen LogP contribution in [-0.4, -0.2) is 16.1 Å². The summed E-state index contributed by atoms with van der Waals surface area (Å²) in [6.07, 6.45) is 1.81. The van der Waals surface area contributed by atoms with Crippen LogP contribution in [0.4, 0.5) is 5.69 Å². The van der Waals surface area contributed by atoms with Gasteiger partial charge in [-0.1, -0.05) is 6.07 Å². The zero-order chi connectivity index (χ0) is 15.5.